The molecule has 1 aromatic rings. The number of ether oxygens (including phenoxy) is 2. The van der Waals surface area contributed by atoms with Crippen LogP contribution in [-0.2, 0) is 0 Å². The van der Waals surface area contributed by atoms with Crippen LogP contribution in [0.15, 0.2) is 24.8 Å². The largest absolute Gasteiger partial charge is 0.493 e. The molecule has 1 aliphatic rings. The highest BCUT2D eigenvalue weighted by atomic mass is 16.6. The van der Waals surface area contributed by atoms with Crippen LogP contribution in [0, 0.1) is 10.1 Å². The van der Waals surface area contributed by atoms with Crippen LogP contribution in [0.2, 0.25) is 0 Å². The Bertz CT molecular complexity index is 585. The van der Waals surface area contributed by atoms with Gasteiger partial charge in [0.1, 0.15) is 0 Å². The highest BCUT2D eigenvalue weighted by Gasteiger charge is 2.30. The third-order valence-electron chi connectivity index (χ3n) is 4.33. The third-order valence-corrected chi connectivity index (χ3v) is 4.33. The molecule has 0 aromatic heterocycles. The molecule has 0 saturated carbocycles. The molecule has 1 aliphatic heterocycles. The fourth-order valence-corrected chi connectivity index (χ4v) is 3.11. The van der Waals surface area contributed by atoms with Crippen molar-refractivity contribution in [3.63, 3.8) is 0 Å². The van der Waals surface area contributed by atoms with Gasteiger partial charge in [0, 0.05) is 32.2 Å². The first-order valence-electron chi connectivity index (χ1n) is 8.08. The van der Waals surface area contributed by atoms with Gasteiger partial charge >= 0.3 is 0 Å². The van der Waals surface area contributed by atoms with E-state index in [0.29, 0.717) is 17.1 Å². The average Bonchev–Trinajstić information content (AvgIpc) is 2.62. The lowest BCUT2D eigenvalue weighted by molar-refractivity contribution is -0.386. The molecule has 0 aliphatic carbocycles. The van der Waals surface area contributed by atoms with Gasteiger partial charge in [-0.05, 0) is 18.9 Å². The van der Waals surface area contributed by atoms with Gasteiger partial charge in [0.15, 0.2) is 11.5 Å². The summed E-state index contributed by atoms with van der Waals surface area (Å²) < 4.78 is 10.6. The minimum Gasteiger partial charge on any atom is -0.493 e. The van der Waals surface area contributed by atoms with E-state index in [4.69, 9.17) is 9.47 Å². The quantitative estimate of drug-likeness (QED) is 0.447. The standard InChI is InChI=1S/C17H25N3O4/c1-4-5-6-14(19-9-7-18-8-10-19)13-11-16(23-2)17(24-3)12-15(13)20(21)22/h4,11-12,14,18H,1,5-10H2,2-3H3/t14-/m0/s1. The molecule has 1 fully saturated rings. The van der Waals surface area contributed by atoms with Crippen molar-refractivity contribution in [3.05, 3.63) is 40.5 Å². The fraction of sp³-hybridized carbons (Fsp3) is 0.529. The SMILES string of the molecule is C=CCC[C@@H](c1cc(OC)c(OC)cc1[N+](=O)[O-])N1CCNCC1. The van der Waals surface area contributed by atoms with Crippen LogP contribution in [0.4, 0.5) is 5.69 Å². The van der Waals surface area contributed by atoms with E-state index in [0.717, 1.165) is 39.0 Å². The van der Waals surface area contributed by atoms with Gasteiger partial charge in [-0.1, -0.05) is 6.08 Å². The molecule has 0 spiro atoms. The van der Waals surface area contributed by atoms with Crippen LogP contribution < -0.4 is 14.8 Å². The van der Waals surface area contributed by atoms with Crippen molar-refractivity contribution in [1.29, 1.82) is 0 Å². The Labute approximate surface area is 142 Å². The summed E-state index contributed by atoms with van der Waals surface area (Å²) in [7, 11) is 3.02. The molecule has 1 N–H and O–H groups in total. The second-order valence-corrected chi connectivity index (χ2v) is 5.69. The highest BCUT2D eigenvalue weighted by molar-refractivity contribution is 5.55. The van der Waals surface area contributed by atoms with Crippen LogP contribution in [-0.4, -0.2) is 50.2 Å². The Morgan fingerprint density at radius 1 is 1.33 bits per heavy atom. The molecule has 1 aromatic carbocycles. The Kier molecular flexibility index (Phi) is 6.57. The first kappa shape index (κ1) is 18.2. The van der Waals surface area contributed by atoms with Crippen LogP contribution in [0.25, 0.3) is 0 Å². The molecule has 1 atom stereocenters. The Hall–Kier alpha value is -2.12. The van der Waals surface area contributed by atoms with Crippen molar-refractivity contribution in [2.75, 3.05) is 40.4 Å². The number of rotatable bonds is 8. The van der Waals surface area contributed by atoms with Crippen LogP contribution in [0.3, 0.4) is 0 Å². The molecule has 24 heavy (non-hydrogen) atoms. The number of methoxy groups -OCH3 is 2. The minimum absolute atomic E-state index is 0.0506. The predicted molar refractivity (Wildman–Crippen MR) is 92.8 cm³/mol. The second-order valence-electron chi connectivity index (χ2n) is 5.69. The van der Waals surface area contributed by atoms with E-state index in [9.17, 15) is 10.1 Å². The molecule has 132 valence electrons. The van der Waals surface area contributed by atoms with Crippen molar-refractivity contribution in [2.24, 2.45) is 0 Å². The summed E-state index contributed by atoms with van der Waals surface area (Å²) in [6.45, 7) is 7.25. The fourth-order valence-electron chi connectivity index (χ4n) is 3.11. The van der Waals surface area contributed by atoms with Gasteiger partial charge in [0.25, 0.3) is 5.69 Å². The number of hydrogen-bond donors (Lipinski definition) is 1. The Morgan fingerprint density at radius 2 is 1.96 bits per heavy atom. The molecular weight excluding hydrogens is 310 g/mol. The van der Waals surface area contributed by atoms with E-state index >= 15 is 0 Å². The third kappa shape index (κ3) is 4.04. The number of allylic oxidation sites excluding steroid dienone is 1. The van der Waals surface area contributed by atoms with Gasteiger partial charge in [-0.3, -0.25) is 15.0 Å². The maximum atomic E-state index is 11.6. The lowest BCUT2D eigenvalue weighted by atomic mass is 9.97. The molecule has 0 bridgehead atoms. The van der Waals surface area contributed by atoms with Crippen molar-refractivity contribution in [1.82, 2.24) is 10.2 Å². The predicted octanol–water partition coefficient (Wildman–Crippen LogP) is 2.52. The Morgan fingerprint density at radius 3 is 2.50 bits per heavy atom. The first-order valence-corrected chi connectivity index (χ1v) is 8.08. The molecule has 2 rings (SSSR count). The molecule has 0 unspecified atom stereocenters. The number of nitro groups is 1. The number of hydrogen-bond acceptors (Lipinski definition) is 6. The highest BCUT2D eigenvalue weighted by Crippen LogP contribution is 2.40. The first-order chi connectivity index (χ1) is 11.6. The number of benzene rings is 1. The van der Waals surface area contributed by atoms with E-state index < -0.39 is 0 Å². The van der Waals surface area contributed by atoms with Gasteiger partial charge < -0.3 is 14.8 Å². The van der Waals surface area contributed by atoms with E-state index in [-0.39, 0.29) is 16.7 Å². The summed E-state index contributed by atoms with van der Waals surface area (Å²) >= 11 is 0. The van der Waals surface area contributed by atoms with Crippen molar-refractivity contribution >= 4 is 5.69 Å². The topological polar surface area (TPSA) is 76.9 Å². The van der Waals surface area contributed by atoms with Crippen molar-refractivity contribution in [2.45, 2.75) is 18.9 Å². The Balaban J connectivity index is 2.48. The summed E-state index contributed by atoms with van der Waals surface area (Å²) in [5, 5.41) is 14.9. The van der Waals surface area contributed by atoms with Gasteiger partial charge in [-0.25, -0.2) is 0 Å². The number of nitro benzene ring substituents is 1. The van der Waals surface area contributed by atoms with Gasteiger partial charge in [-0.2, -0.15) is 0 Å². The van der Waals surface area contributed by atoms with Gasteiger partial charge in [0.05, 0.1) is 30.8 Å². The average molecular weight is 335 g/mol. The van der Waals surface area contributed by atoms with Gasteiger partial charge in [0.2, 0.25) is 0 Å². The minimum atomic E-state index is -0.347. The summed E-state index contributed by atoms with van der Waals surface area (Å²) in [5.74, 6) is 0.882. The molecular formula is C17H25N3O4. The van der Waals surface area contributed by atoms with E-state index in [2.05, 4.69) is 16.8 Å². The molecule has 1 saturated heterocycles. The zero-order valence-corrected chi connectivity index (χ0v) is 14.3. The van der Waals surface area contributed by atoms with Crippen molar-refractivity contribution in [3.8, 4) is 11.5 Å². The summed E-state index contributed by atoms with van der Waals surface area (Å²) in [6, 6.07) is 3.15. The van der Waals surface area contributed by atoms with Crippen LogP contribution in [0.1, 0.15) is 24.4 Å². The number of piperazine rings is 1. The number of nitrogens with one attached hydrogen (secondary N) is 1. The normalized spacial score (nSPS) is 16.4. The van der Waals surface area contributed by atoms with Crippen molar-refractivity contribution < 1.29 is 14.4 Å². The van der Waals surface area contributed by atoms with Crippen LogP contribution in [0.5, 0.6) is 11.5 Å². The number of nitrogens with zero attached hydrogens (tertiary/aromatic N) is 2. The molecule has 0 amide bonds. The van der Waals surface area contributed by atoms with E-state index in [1.54, 1.807) is 6.07 Å². The lowest BCUT2D eigenvalue weighted by Gasteiger charge is -2.35. The van der Waals surface area contributed by atoms with Gasteiger partial charge in [-0.15, -0.1) is 6.58 Å². The zero-order valence-electron chi connectivity index (χ0n) is 14.3. The molecule has 0 radical (unpaired) electrons. The summed E-state index contributed by atoms with van der Waals surface area (Å²) in [5.41, 5.74) is 0.738. The van der Waals surface area contributed by atoms with E-state index in [1.807, 2.05) is 6.08 Å². The maximum absolute atomic E-state index is 11.6. The lowest BCUT2D eigenvalue weighted by Crippen LogP contribution is -2.45. The monoisotopic (exact) mass is 335 g/mol. The van der Waals surface area contributed by atoms with E-state index in [1.165, 1.54) is 20.3 Å². The summed E-state index contributed by atoms with van der Waals surface area (Å²) in [4.78, 5) is 13.5. The molecule has 7 nitrogen and oxygen atoms in total. The molecule has 1 heterocycles. The smallest absolute Gasteiger partial charge is 0.278 e. The maximum Gasteiger partial charge on any atom is 0.278 e. The second kappa shape index (κ2) is 8.65. The van der Waals surface area contributed by atoms with Crippen LogP contribution >= 0.6 is 0 Å². The summed E-state index contributed by atoms with van der Waals surface area (Å²) in [6.07, 6.45) is 3.42. The zero-order chi connectivity index (χ0) is 17.5. The molecule has 7 heteroatoms.